The monoisotopic (exact) mass is 536 g/mol. The maximum absolute atomic E-state index is 12.7. The molecule has 1 heterocycles. The summed E-state index contributed by atoms with van der Waals surface area (Å²) < 4.78 is 2.72. The van der Waals surface area contributed by atoms with Gasteiger partial charge in [0, 0.05) is 4.47 Å². The van der Waals surface area contributed by atoms with Crippen LogP contribution in [-0.4, -0.2) is 31.5 Å². The maximum atomic E-state index is 12.7. The molecule has 0 spiro atoms. The lowest BCUT2D eigenvalue weighted by atomic mass is 10.1. The molecule has 0 unspecified atom stereocenters. The van der Waals surface area contributed by atoms with E-state index in [-0.39, 0.29) is 23.5 Å². The van der Waals surface area contributed by atoms with Crippen LogP contribution in [0.3, 0.4) is 0 Å². The molecule has 0 aliphatic carbocycles. The maximum Gasteiger partial charge on any atom is 0.230 e. The van der Waals surface area contributed by atoms with Crippen molar-refractivity contribution in [2.45, 2.75) is 32.0 Å². The minimum atomic E-state index is -0.0966. The fraction of sp³-hybridized carbons (Fsp3) is 0.192. The van der Waals surface area contributed by atoms with Crippen molar-refractivity contribution >= 4 is 33.6 Å². The highest BCUT2D eigenvalue weighted by atomic mass is 79.9. The van der Waals surface area contributed by atoms with Crippen molar-refractivity contribution in [3.63, 3.8) is 0 Å². The summed E-state index contributed by atoms with van der Waals surface area (Å²) in [7, 11) is 0. The fourth-order valence-corrected chi connectivity index (χ4v) is 4.85. The van der Waals surface area contributed by atoms with Crippen LogP contribution in [0, 0.1) is 13.8 Å². The van der Waals surface area contributed by atoms with Gasteiger partial charge in [-0.1, -0.05) is 75.7 Å². The standard InChI is InChI=1S/C26H25BrN4O2S/c1-16-9-11-22(17(2)13-16)31-25(21-14-20(27)10-12-23(21)32)29-30-26(31)34-15-24(33)28-18(3)19-7-5-4-6-8-19/h4-14,18,32H,15H2,1-3H3,(H,28,33)/t18-/m0/s1. The van der Waals surface area contributed by atoms with Crippen LogP contribution in [0.2, 0.25) is 0 Å². The topological polar surface area (TPSA) is 80.0 Å². The number of halogens is 1. The number of nitrogens with one attached hydrogen (secondary N) is 1. The van der Waals surface area contributed by atoms with E-state index in [0.29, 0.717) is 16.5 Å². The molecule has 0 aliphatic rings. The van der Waals surface area contributed by atoms with Gasteiger partial charge in [0.05, 0.1) is 23.0 Å². The molecule has 0 bridgehead atoms. The second-order valence-corrected chi connectivity index (χ2v) is 9.94. The Morgan fingerprint density at radius 2 is 1.85 bits per heavy atom. The van der Waals surface area contributed by atoms with Crippen molar-refractivity contribution in [3.05, 3.63) is 87.9 Å². The number of phenolic OH excluding ortho intramolecular Hbond substituents is 1. The van der Waals surface area contributed by atoms with Crippen molar-refractivity contribution < 1.29 is 9.90 Å². The van der Waals surface area contributed by atoms with Gasteiger partial charge in [-0.05, 0) is 56.2 Å². The van der Waals surface area contributed by atoms with E-state index >= 15 is 0 Å². The van der Waals surface area contributed by atoms with E-state index in [0.717, 1.165) is 26.9 Å². The molecule has 0 radical (unpaired) electrons. The Morgan fingerprint density at radius 3 is 2.59 bits per heavy atom. The number of amides is 1. The third-order valence-electron chi connectivity index (χ3n) is 5.44. The number of hydrogen-bond donors (Lipinski definition) is 2. The molecule has 6 nitrogen and oxygen atoms in total. The molecule has 4 rings (SSSR count). The molecule has 0 saturated heterocycles. The molecule has 3 aromatic carbocycles. The zero-order chi connectivity index (χ0) is 24.2. The summed E-state index contributed by atoms with van der Waals surface area (Å²) in [6.45, 7) is 6.03. The van der Waals surface area contributed by atoms with Crippen molar-refractivity contribution in [2.24, 2.45) is 0 Å². The Morgan fingerprint density at radius 1 is 1.09 bits per heavy atom. The van der Waals surface area contributed by atoms with E-state index in [2.05, 4.69) is 37.5 Å². The zero-order valence-electron chi connectivity index (χ0n) is 19.1. The Labute approximate surface area is 211 Å². The molecule has 0 aliphatic heterocycles. The van der Waals surface area contributed by atoms with Crippen LogP contribution in [0.5, 0.6) is 5.75 Å². The lowest BCUT2D eigenvalue weighted by Crippen LogP contribution is -2.28. The first kappa shape index (κ1) is 24.0. The number of rotatable bonds is 7. The van der Waals surface area contributed by atoms with Gasteiger partial charge in [-0.25, -0.2) is 0 Å². The number of aromatic hydroxyl groups is 1. The van der Waals surface area contributed by atoms with E-state index in [1.165, 1.54) is 11.8 Å². The number of thioether (sulfide) groups is 1. The van der Waals surface area contributed by atoms with Crippen LogP contribution in [0.1, 0.15) is 29.7 Å². The number of aromatic nitrogens is 3. The van der Waals surface area contributed by atoms with E-state index in [4.69, 9.17) is 0 Å². The summed E-state index contributed by atoms with van der Waals surface area (Å²) in [4.78, 5) is 12.7. The molecule has 2 N–H and O–H groups in total. The van der Waals surface area contributed by atoms with E-state index in [9.17, 15) is 9.90 Å². The van der Waals surface area contributed by atoms with Crippen LogP contribution >= 0.6 is 27.7 Å². The molecular weight excluding hydrogens is 512 g/mol. The lowest BCUT2D eigenvalue weighted by molar-refractivity contribution is -0.119. The number of phenols is 1. The molecule has 4 aromatic rings. The molecule has 8 heteroatoms. The van der Waals surface area contributed by atoms with Crippen LogP contribution in [0.25, 0.3) is 17.1 Å². The quantitative estimate of drug-likeness (QED) is 0.283. The van der Waals surface area contributed by atoms with E-state index in [1.807, 2.05) is 73.9 Å². The van der Waals surface area contributed by atoms with Crippen molar-refractivity contribution in [2.75, 3.05) is 5.75 Å². The van der Waals surface area contributed by atoms with Gasteiger partial charge >= 0.3 is 0 Å². The molecular formula is C26H25BrN4O2S. The highest BCUT2D eigenvalue weighted by molar-refractivity contribution is 9.10. The van der Waals surface area contributed by atoms with Gasteiger partial charge in [0.2, 0.25) is 5.91 Å². The molecule has 34 heavy (non-hydrogen) atoms. The first-order valence-electron chi connectivity index (χ1n) is 10.8. The molecule has 0 fully saturated rings. The molecule has 1 atom stereocenters. The number of hydrogen-bond acceptors (Lipinski definition) is 5. The number of nitrogens with zero attached hydrogens (tertiary/aromatic N) is 3. The minimum absolute atomic E-state index is 0.0941. The summed E-state index contributed by atoms with van der Waals surface area (Å²) in [5.74, 6) is 0.701. The van der Waals surface area contributed by atoms with Crippen molar-refractivity contribution in [1.29, 1.82) is 0 Å². The first-order valence-corrected chi connectivity index (χ1v) is 12.6. The smallest absolute Gasteiger partial charge is 0.230 e. The van der Waals surface area contributed by atoms with Crippen molar-refractivity contribution in [1.82, 2.24) is 20.1 Å². The second kappa shape index (κ2) is 10.4. The number of benzene rings is 3. The van der Waals surface area contributed by atoms with Gasteiger partial charge in [-0.3, -0.25) is 9.36 Å². The predicted molar refractivity (Wildman–Crippen MR) is 139 cm³/mol. The third-order valence-corrected chi connectivity index (χ3v) is 6.86. The Balaban J connectivity index is 1.64. The fourth-order valence-electron chi connectivity index (χ4n) is 3.74. The number of carbonyl (C=O) groups excluding carboxylic acids is 1. The van der Waals surface area contributed by atoms with Crippen LogP contribution in [-0.2, 0) is 4.79 Å². The first-order chi connectivity index (χ1) is 16.3. The van der Waals surface area contributed by atoms with Gasteiger partial charge < -0.3 is 10.4 Å². The Hall–Kier alpha value is -3.10. The average Bonchev–Trinajstić information content (AvgIpc) is 3.23. The Bertz CT molecular complexity index is 1320. The normalized spacial score (nSPS) is 11.9. The van der Waals surface area contributed by atoms with Gasteiger partial charge in [-0.2, -0.15) is 0 Å². The summed E-state index contributed by atoms with van der Waals surface area (Å²) in [6.07, 6.45) is 0. The van der Waals surface area contributed by atoms with Gasteiger partial charge in [0.25, 0.3) is 0 Å². The molecule has 1 amide bonds. The molecule has 174 valence electrons. The SMILES string of the molecule is Cc1ccc(-n2c(SCC(=O)N[C@@H](C)c3ccccc3)nnc2-c2cc(Br)ccc2O)c(C)c1. The highest BCUT2D eigenvalue weighted by Crippen LogP contribution is 2.35. The van der Waals surface area contributed by atoms with Crippen LogP contribution < -0.4 is 5.32 Å². The third kappa shape index (κ3) is 5.34. The van der Waals surface area contributed by atoms with Gasteiger partial charge in [-0.15, -0.1) is 10.2 Å². The minimum Gasteiger partial charge on any atom is -0.507 e. The van der Waals surface area contributed by atoms with Gasteiger partial charge in [0.1, 0.15) is 5.75 Å². The summed E-state index contributed by atoms with van der Waals surface area (Å²) >= 11 is 4.78. The predicted octanol–water partition coefficient (Wildman–Crippen LogP) is 5.99. The van der Waals surface area contributed by atoms with Gasteiger partial charge in [0.15, 0.2) is 11.0 Å². The Kier molecular flexibility index (Phi) is 7.38. The highest BCUT2D eigenvalue weighted by Gasteiger charge is 2.21. The van der Waals surface area contributed by atoms with Crippen molar-refractivity contribution in [3.8, 4) is 22.8 Å². The molecule has 1 aromatic heterocycles. The summed E-state index contributed by atoms with van der Waals surface area (Å²) in [5.41, 5.74) is 4.68. The lowest BCUT2D eigenvalue weighted by Gasteiger charge is -2.15. The van der Waals surface area contributed by atoms with E-state index < -0.39 is 0 Å². The summed E-state index contributed by atoms with van der Waals surface area (Å²) in [5, 5.41) is 22.9. The number of carbonyl (C=O) groups is 1. The second-order valence-electron chi connectivity index (χ2n) is 8.08. The largest absolute Gasteiger partial charge is 0.507 e. The zero-order valence-corrected chi connectivity index (χ0v) is 21.5. The average molecular weight is 537 g/mol. The molecule has 0 saturated carbocycles. The summed E-state index contributed by atoms with van der Waals surface area (Å²) in [6, 6.07) is 21.1. The van der Waals surface area contributed by atoms with E-state index in [1.54, 1.807) is 12.1 Å². The van der Waals surface area contributed by atoms with Crippen LogP contribution in [0.4, 0.5) is 0 Å². The van der Waals surface area contributed by atoms with Crippen LogP contribution in [0.15, 0.2) is 76.4 Å². The number of aryl methyl sites for hydroxylation is 2.